The smallest absolute Gasteiger partial charge is 0.161 e. The Balaban J connectivity index is 1.89. The molecule has 0 radical (unpaired) electrons. The second-order valence-corrected chi connectivity index (χ2v) is 5.44. The molecule has 0 saturated carbocycles. The number of nitrogens with one attached hydrogen (secondary N) is 1. The van der Waals surface area contributed by atoms with Crippen LogP contribution >= 0.6 is 0 Å². The van der Waals surface area contributed by atoms with Gasteiger partial charge in [-0.15, -0.1) is 0 Å². The van der Waals surface area contributed by atoms with Crippen LogP contribution in [0.2, 0.25) is 0 Å². The number of nitrogens with zero attached hydrogens (tertiary/aromatic N) is 3. The Morgan fingerprint density at radius 2 is 1.78 bits per heavy atom. The minimum absolute atomic E-state index is 0.133. The van der Waals surface area contributed by atoms with E-state index >= 15 is 0 Å². The number of benzene rings is 1. The molecular formula is C19H20N4. The van der Waals surface area contributed by atoms with Gasteiger partial charge < -0.3 is 5.32 Å². The van der Waals surface area contributed by atoms with Gasteiger partial charge in [0, 0.05) is 23.5 Å². The highest BCUT2D eigenvalue weighted by atomic mass is 15.1. The molecule has 1 aromatic carbocycles. The highest BCUT2D eigenvalue weighted by Gasteiger charge is 2.12. The second kappa shape index (κ2) is 7.01. The third kappa shape index (κ3) is 3.72. The van der Waals surface area contributed by atoms with Crippen LogP contribution in [0.25, 0.3) is 11.4 Å². The highest BCUT2D eigenvalue weighted by molar-refractivity contribution is 5.57. The van der Waals surface area contributed by atoms with Crippen LogP contribution in [0.15, 0.2) is 60.8 Å². The van der Waals surface area contributed by atoms with Crippen molar-refractivity contribution in [1.82, 2.24) is 15.0 Å². The van der Waals surface area contributed by atoms with Crippen molar-refractivity contribution >= 4 is 5.82 Å². The standard InChI is InChI=1S/C19H20N4/c1-3-16(17-11-7-8-12-20-17)22-18-13-14(2)21-19(23-18)15-9-5-4-6-10-15/h4-13,16H,3H2,1-2H3,(H,21,22,23). The topological polar surface area (TPSA) is 50.7 Å². The SMILES string of the molecule is CCC(Nc1cc(C)nc(-c2ccccc2)n1)c1ccccn1. The fourth-order valence-electron chi connectivity index (χ4n) is 2.50. The molecular weight excluding hydrogens is 284 g/mol. The van der Waals surface area contributed by atoms with Gasteiger partial charge in [0.1, 0.15) is 5.82 Å². The molecule has 0 aliphatic rings. The predicted molar refractivity (Wildman–Crippen MR) is 93.1 cm³/mol. The first-order valence-corrected chi connectivity index (χ1v) is 7.85. The molecule has 4 nitrogen and oxygen atoms in total. The second-order valence-electron chi connectivity index (χ2n) is 5.44. The Morgan fingerprint density at radius 3 is 2.48 bits per heavy atom. The van der Waals surface area contributed by atoms with Crippen LogP contribution in [0.3, 0.4) is 0 Å². The zero-order valence-corrected chi connectivity index (χ0v) is 13.4. The van der Waals surface area contributed by atoms with Crippen molar-refractivity contribution in [3.05, 3.63) is 72.2 Å². The average molecular weight is 304 g/mol. The molecule has 4 heteroatoms. The van der Waals surface area contributed by atoms with Crippen LogP contribution < -0.4 is 5.32 Å². The maximum Gasteiger partial charge on any atom is 0.161 e. The Hall–Kier alpha value is -2.75. The summed E-state index contributed by atoms with van der Waals surface area (Å²) in [6.45, 7) is 4.12. The lowest BCUT2D eigenvalue weighted by Gasteiger charge is -2.17. The summed E-state index contributed by atoms with van der Waals surface area (Å²) in [7, 11) is 0. The van der Waals surface area contributed by atoms with Crippen molar-refractivity contribution in [2.45, 2.75) is 26.3 Å². The van der Waals surface area contributed by atoms with E-state index in [2.05, 4.69) is 27.2 Å². The van der Waals surface area contributed by atoms with Gasteiger partial charge in [-0.25, -0.2) is 9.97 Å². The van der Waals surface area contributed by atoms with Crippen molar-refractivity contribution in [2.24, 2.45) is 0 Å². The zero-order chi connectivity index (χ0) is 16.1. The van der Waals surface area contributed by atoms with Crippen molar-refractivity contribution < 1.29 is 0 Å². The van der Waals surface area contributed by atoms with Crippen molar-refractivity contribution in [3.63, 3.8) is 0 Å². The van der Waals surface area contributed by atoms with Crippen molar-refractivity contribution in [1.29, 1.82) is 0 Å². The first kappa shape index (κ1) is 15.2. The van der Waals surface area contributed by atoms with E-state index in [1.54, 1.807) is 0 Å². The molecule has 0 saturated heterocycles. The van der Waals surface area contributed by atoms with E-state index in [0.717, 1.165) is 35.0 Å². The molecule has 1 N–H and O–H groups in total. The van der Waals surface area contributed by atoms with Crippen molar-refractivity contribution in [3.8, 4) is 11.4 Å². The molecule has 1 unspecified atom stereocenters. The monoisotopic (exact) mass is 304 g/mol. The van der Waals surface area contributed by atoms with E-state index in [4.69, 9.17) is 0 Å². The summed E-state index contributed by atoms with van der Waals surface area (Å²) < 4.78 is 0. The minimum atomic E-state index is 0.133. The molecule has 0 amide bonds. The lowest BCUT2D eigenvalue weighted by Crippen LogP contribution is -2.13. The number of hydrogen-bond acceptors (Lipinski definition) is 4. The van der Waals surface area contributed by atoms with Crippen LogP contribution in [0, 0.1) is 6.92 Å². The predicted octanol–water partition coefficient (Wildman–Crippen LogP) is 4.41. The highest BCUT2D eigenvalue weighted by Crippen LogP contribution is 2.22. The Labute approximate surface area is 136 Å². The molecule has 23 heavy (non-hydrogen) atoms. The lowest BCUT2D eigenvalue weighted by molar-refractivity contribution is 0.718. The Morgan fingerprint density at radius 1 is 1.00 bits per heavy atom. The van der Waals surface area contributed by atoms with Crippen LogP contribution in [0.1, 0.15) is 30.8 Å². The van der Waals surface area contributed by atoms with E-state index < -0.39 is 0 Å². The third-order valence-corrected chi connectivity index (χ3v) is 3.66. The van der Waals surface area contributed by atoms with Crippen LogP contribution in [-0.2, 0) is 0 Å². The van der Waals surface area contributed by atoms with E-state index in [-0.39, 0.29) is 6.04 Å². The molecule has 3 rings (SSSR count). The van der Waals surface area contributed by atoms with Gasteiger partial charge >= 0.3 is 0 Å². The first-order chi connectivity index (χ1) is 11.3. The maximum absolute atomic E-state index is 4.67. The van der Waals surface area contributed by atoms with E-state index in [9.17, 15) is 0 Å². The molecule has 1 atom stereocenters. The molecule has 0 fully saturated rings. The number of aromatic nitrogens is 3. The largest absolute Gasteiger partial charge is 0.362 e. The number of hydrogen-bond donors (Lipinski definition) is 1. The molecule has 0 bridgehead atoms. The fraction of sp³-hybridized carbons (Fsp3) is 0.211. The van der Waals surface area contributed by atoms with Crippen LogP contribution in [0.5, 0.6) is 0 Å². The molecule has 2 heterocycles. The van der Waals surface area contributed by atoms with E-state index in [1.807, 2.05) is 67.7 Å². The van der Waals surface area contributed by atoms with Crippen LogP contribution in [-0.4, -0.2) is 15.0 Å². The third-order valence-electron chi connectivity index (χ3n) is 3.66. The van der Waals surface area contributed by atoms with Crippen molar-refractivity contribution in [2.75, 3.05) is 5.32 Å². The molecule has 3 aromatic rings. The summed E-state index contributed by atoms with van der Waals surface area (Å²) >= 11 is 0. The van der Waals surface area contributed by atoms with Gasteiger partial charge in [0.15, 0.2) is 5.82 Å². The number of pyridine rings is 1. The molecule has 0 aliphatic heterocycles. The quantitative estimate of drug-likeness (QED) is 0.758. The lowest BCUT2D eigenvalue weighted by atomic mass is 10.1. The van der Waals surface area contributed by atoms with Gasteiger partial charge in [-0.3, -0.25) is 4.98 Å². The fourth-order valence-corrected chi connectivity index (χ4v) is 2.50. The summed E-state index contributed by atoms with van der Waals surface area (Å²) in [4.78, 5) is 13.7. The summed E-state index contributed by atoms with van der Waals surface area (Å²) in [5, 5.41) is 3.48. The van der Waals surface area contributed by atoms with Crippen LogP contribution in [0.4, 0.5) is 5.82 Å². The van der Waals surface area contributed by atoms with Gasteiger partial charge in [0.25, 0.3) is 0 Å². The summed E-state index contributed by atoms with van der Waals surface area (Å²) in [6.07, 6.45) is 2.75. The minimum Gasteiger partial charge on any atom is -0.362 e. The first-order valence-electron chi connectivity index (χ1n) is 7.85. The number of anilines is 1. The van der Waals surface area contributed by atoms with E-state index in [1.165, 1.54) is 0 Å². The summed E-state index contributed by atoms with van der Waals surface area (Å²) in [5.41, 5.74) is 2.98. The van der Waals surface area contributed by atoms with Gasteiger partial charge in [0.05, 0.1) is 11.7 Å². The zero-order valence-electron chi connectivity index (χ0n) is 13.4. The Bertz CT molecular complexity index is 757. The molecule has 116 valence electrons. The Kier molecular flexibility index (Phi) is 4.62. The van der Waals surface area contributed by atoms with Gasteiger partial charge in [-0.2, -0.15) is 0 Å². The number of rotatable bonds is 5. The summed E-state index contributed by atoms with van der Waals surface area (Å²) in [6, 6.07) is 18.1. The summed E-state index contributed by atoms with van der Waals surface area (Å²) in [5.74, 6) is 1.57. The van der Waals surface area contributed by atoms with E-state index in [0.29, 0.717) is 0 Å². The van der Waals surface area contributed by atoms with Gasteiger partial charge in [-0.1, -0.05) is 43.3 Å². The molecule has 0 aliphatic carbocycles. The average Bonchev–Trinajstić information content (AvgIpc) is 2.61. The number of aryl methyl sites for hydroxylation is 1. The molecule has 2 aromatic heterocycles. The maximum atomic E-state index is 4.67. The van der Waals surface area contributed by atoms with Gasteiger partial charge in [-0.05, 0) is 25.5 Å². The normalized spacial score (nSPS) is 11.9. The molecule has 0 spiro atoms. The van der Waals surface area contributed by atoms with Gasteiger partial charge in [0.2, 0.25) is 0 Å².